The van der Waals surface area contributed by atoms with Gasteiger partial charge >= 0.3 is 0 Å². The molecule has 2 aromatic heterocycles. The average molecular weight is 521 g/mol. The Bertz CT molecular complexity index is 2260. The number of hydrogen-bond acceptors (Lipinski definition) is 1. The van der Waals surface area contributed by atoms with Gasteiger partial charge in [-0.2, -0.15) is 0 Å². The third kappa shape index (κ3) is 3.13. The molecule has 0 N–H and O–H groups in total. The van der Waals surface area contributed by atoms with Crippen LogP contribution in [0.15, 0.2) is 146 Å². The zero-order valence-corrected chi connectivity index (χ0v) is 22.3. The van der Waals surface area contributed by atoms with E-state index in [1.165, 1.54) is 38.6 Å². The summed E-state index contributed by atoms with van der Waals surface area (Å²) < 4.78 is 4.62. The van der Waals surface area contributed by atoms with Crippen LogP contribution in [0.2, 0.25) is 0 Å². The molecular weight excluding hydrogens is 497 g/mol. The van der Waals surface area contributed by atoms with E-state index in [2.05, 4.69) is 155 Å². The molecule has 0 saturated heterocycles. The van der Waals surface area contributed by atoms with Crippen molar-refractivity contribution in [1.29, 1.82) is 0 Å². The van der Waals surface area contributed by atoms with E-state index in [1.807, 2.05) is 0 Å². The molecule has 8 aromatic rings. The normalized spacial score (nSPS) is 12.3. The predicted molar refractivity (Wildman–Crippen MR) is 172 cm³/mol. The van der Waals surface area contributed by atoms with Crippen molar-refractivity contribution in [3.63, 3.8) is 0 Å². The standard InChI is InChI=1S/C37H24BN3/c1-3-13-25(14-4-1)27-17-7-9-19-30(27)38-31-20-10-8-18-28(31)29-23-24-34-36(35(29)38)39-37-40(26-15-5-2-6-16-26)32-21-11-12-22-33(32)41(34)37/h1-24H. The largest absolute Gasteiger partial charge is 0.278 e. The van der Waals surface area contributed by atoms with Crippen molar-refractivity contribution in [2.75, 3.05) is 0 Å². The fraction of sp³-hybridized carbons (Fsp3) is 0. The Balaban J connectivity index is 1.40. The number of nitrogens with zero attached hydrogens (tertiary/aromatic N) is 3. The summed E-state index contributed by atoms with van der Waals surface area (Å²) in [6.45, 7) is 0.0809. The van der Waals surface area contributed by atoms with E-state index < -0.39 is 0 Å². The zero-order valence-electron chi connectivity index (χ0n) is 22.3. The van der Waals surface area contributed by atoms with Gasteiger partial charge in [-0.1, -0.05) is 126 Å². The lowest BCUT2D eigenvalue weighted by Gasteiger charge is -2.16. The van der Waals surface area contributed by atoms with Crippen molar-refractivity contribution < 1.29 is 0 Å². The van der Waals surface area contributed by atoms with Crippen molar-refractivity contribution in [2.24, 2.45) is 0 Å². The van der Waals surface area contributed by atoms with Crippen molar-refractivity contribution in [3.8, 4) is 27.9 Å². The van der Waals surface area contributed by atoms with Gasteiger partial charge in [-0.25, -0.2) is 4.98 Å². The molecule has 0 fully saturated rings. The smallest absolute Gasteiger partial charge is 0.246 e. The van der Waals surface area contributed by atoms with Gasteiger partial charge in [0.05, 0.1) is 22.1 Å². The summed E-state index contributed by atoms with van der Waals surface area (Å²) in [4.78, 5) is 5.49. The first-order valence-electron chi connectivity index (χ1n) is 14.1. The molecule has 0 spiro atoms. The van der Waals surface area contributed by atoms with Gasteiger partial charge in [0.15, 0.2) is 0 Å². The maximum Gasteiger partial charge on any atom is 0.246 e. The van der Waals surface area contributed by atoms with E-state index in [0.29, 0.717) is 0 Å². The van der Waals surface area contributed by atoms with E-state index in [-0.39, 0.29) is 6.71 Å². The molecule has 0 amide bonds. The molecule has 0 saturated carbocycles. The number of fused-ring (bicyclic) bond motifs is 9. The van der Waals surface area contributed by atoms with E-state index in [9.17, 15) is 0 Å². The first-order chi connectivity index (χ1) is 20.4. The highest BCUT2D eigenvalue weighted by atomic mass is 15.2. The fourth-order valence-corrected chi connectivity index (χ4v) is 6.95. The molecule has 4 heteroatoms. The molecule has 1 aliphatic heterocycles. The monoisotopic (exact) mass is 521 g/mol. The molecule has 9 rings (SSSR count). The second kappa shape index (κ2) is 8.58. The zero-order chi connectivity index (χ0) is 26.9. The van der Waals surface area contributed by atoms with Crippen LogP contribution in [0.1, 0.15) is 0 Å². The van der Waals surface area contributed by atoms with Crippen LogP contribution in [0.25, 0.3) is 55.8 Å². The number of aromatic nitrogens is 3. The van der Waals surface area contributed by atoms with E-state index in [0.717, 1.165) is 33.5 Å². The maximum absolute atomic E-state index is 5.49. The Morgan fingerprint density at radius 3 is 1.85 bits per heavy atom. The highest BCUT2D eigenvalue weighted by Crippen LogP contribution is 2.33. The summed E-state index contributed by atoms with van der Waals surface area (Å²) in [5, 5.41) is 0. The summed E-state index contributed by atoms with van der Waals surface area (Å²) in [6.07, 6.45) is 0. The van der Waals surface area contributed by atoms with Gasteiger partial charge < -0.3 is 0 Å². The Labute approximate surface area is 238 Å². The minimum Gasteiger partial charge on any atom is -0.278 e. The van der Waals surface area contributed by atoms with Crippen LogP contribution in [0.3, 0.4) is 0 Å². The summed E-state index contributed by atoms with van der Waals surface area (Å²) in [7, 11) is 0. The predicted octanol–water partition coefficient (Wildman–Crippen LogP) is 6.60. The topological polar surface area (TPSA) is 22.2 Å². The van der Waals surface area contributed by atoms with E-state index in [1.54, 1.807) is 0 Å². The minimum absolute atomic E-state index is 0.0809. The first-order valence-corrected chi connectivity index (χ1v) is 14.1. The van der Waals surface area contributed by atoms with E-state index in [4.69, 9.17) is 4.98 Å². The molecule has 6 aromatic carbocycles. The summed E-state index contributed by atoms with van der Waals surface area (Å²) in [5.41, 5.74) is 14.6. The van der Waals surface area contributed by atoms with Gasteiger partial charge in [0.25, 0.3) is 0 Å². The van der Waals surface area contributed by atoms with Gasteiger partial charge in [0, 0.05) is 5.69 Å². The molecule has 190 valence electrons. The third-order valence-corrected chi connectivity index (χ3v) is 8.63. The van der Waals surface area contributed by atoms with Crippen molar-refractivity contribution >= 4 is 50.9 Å². The first kappa shape index (κ1) is 22.5. The lowest BCUT2D eigenvalue weighted by atomic mass is 9.38. The summed E-state index contributed by atoms with van der Waals surface area (Å²) in [6, 6.07) is 52.2. The van der Waals surface area contributed by atoms with Gasteiger partial charge in [-0.3, -0.25) is 8.97 Å². The van der Waals surface area contributed by atoms with Crippen molar-refractivity contribution in [3.05, 3.63) is 146 Å². The molecule has 41 heavy (non-hydrogen) atoms. The second-order valence-corrected chi connectivity index (χ2v) is 10.8. The molecule has 0 bridgehead atoms. The van der Waals surface area contributed by atoms with Crippen LogP contribution in [0.4, 0.5) is 0 Å². The van der Waals surface area contributed by atoms with Gasteiger partial charge in [-0.05, 0) is 58.0 Å². The van der Waals surface area contributed by atoms with Crippen LogP contribution in [-0.4, -0.2) is 20.7 Å². The molecule has 3 nitrogen and oxygen atoms in total. The minimum atomic E-state index is 0.0809. The van der Waals surface area contributed by atoms with Crippen LogP contribution in [-0.2, 0) is 0 Å². The Hall–Kier alpha value is -5.35. The van der Waals surface area contributed by atoms with E-state index >= 15 is 0 Å². The number of hydrogen-bond donors (Lipinski definition) is 0. The Kier molecular flexibility index (Phi) is 4.70. The number of para-hydroxylation sites is 3. The van der Waals surface area contributed by atoms with Gasteiger partial charge in [0.1, 0.15) is 0 Å². The lowest BCUT2D eigenvalue weighted by molar-refractivity contribution is 1.11. The molecule has 1 aliphatic rings. The van der Waals surface area contributed by atoms with Crippen LogP contribution < -0.4 is 16.4 Å². The SMILES string of the molecule is c1ccc(-c2ccccc2B2c3ccccc3-c3ccc4c(nc5n(-c6ccccc6)c6ccccc6n45)c32)cc1. The Morgan fingerprint density at radius 2 is 1.07 bits per heavy atom. The fourth-order valence-electron chi connectivity index (χ4n) is 6.95. The maximum atomic E-state index is 5.49. The van der Waals surface area contributed by atoms with Gasteiger partial charge in [0.2, 0.25) is 12.5 Å². The van der Waals surface area contributed by atoms with Crippen LogP contribution in [0.5, 0.6) is 0 Å². The molecule has 0 aliphatic carbocycles. The molecule has 3 heterocycles. The highest BCUT2D eigenvalue weighted by molar-refractivity contribution is 7.01. The number of rotatable bonds is 3. The Morgan fingerprint density at radius 1 is 0.463 bits per heavy atom. The van der Waals surface area contributed by atoms with Gasteiger partial charge in [-0.15, -0.1) is 0 Å². The number of benzene rings is 6. The second-order valence-electron chi connectivity index (χ2n) is 10.8. The van der Waals surface area contributed by atoms with Crippen molar-refractivity contribution in [1.82, 2.24) is 14.0 Å². The molecular formula is C37H24BN3. The average Bonchev–Trinajstić information content (AvgIpc) is 3.69. The van der Waals surface area contributed by atoms with Crippen LogP contribution >= 0.6 is 0 Å². The van der Waals surface area contributed by atoms with Crippen LogP contribution in [0, 0.1) is 0 Å². The summed E-state index contributed by atoms with van der Waals surface area (Å²) >= 11 is 0. The molecule has 0 unspecified atom stereocenters. The lowest BCUT2D eigenvalue weighted by Crippen LogP contribution is -2.50. The third-order valence-electron chi connectivity index (χ3n) is 8.63. The summed E-state index contributed by atoms with van der Waals surface area (Å²) in [5.74, 6) is 0.937. The highest BCUT2D eigenvalue weighted by Gasteiger charge is 2.37. The molecule has 0 atom stereocenters. The number of imidazole rings is 2. The quantitative estimate of drug-likeness (QED) is 0.241. The van der Waals surface area contributed by atoms with Crippen molar-refractivity contribution in [2.45, 2.75) is 0 Å². The molecule has 0 radical (unpaired) electrons.